The van der Waals surface area contributed by atoms with Gasteiger partial charge in [-0.05, 0) is 18.2 Å². The van der Waals surface area contributed by atoms with E-state index >= 15 is 0 Å². The fourth-order valence-electron chi connectivity index (χ4n) is 1.31. The molecule has 8 heteroatoms. The first-order valence-electron chi connectivity index (χ1n) is 5.73. The number of benzene rings is 1. The van der Waals surface area contributed by atoms with Gasteiger partial charge >= 0.3 is 12.0 Å². The van der Waals surface area contributed by atoms with Crippen LogP contribution < -0.4 is 10.6 Å². The number of carboxylic acids is 1. The minimum Gasteiger partial charge on any atom is -0.478 e. The molecular formula is C12H14F2N2O4. The topological polar surface area (TPSA) is 87.7 Å². The number of carboxylic acid groups (broad SMARTS) is 1. The second-order valence-electron chi connectivity index (χ2n) is 3.73. The zero-order valence-electron chi connectivity index (χ0n) is 10.4. The highest BCUT2D eigenvalue weighted by atomic mass is 19.3. The number of halogens is 2. The van der Waals surface area contributed by atoms with Crippen LogP contribution in [0.25, 0.3) is 0 Å². The Morgan fingerprint density at radius 1 is 1.35 bits per heavy atom. The van der Waals surface area contributed by atoms with Crippen molar-refractivity contribution in [3.8, 4) is 0 Å². The molecule has 0 aliphatic carbocycles. The van der Waals surface area contributed by atoms with E-state index in [-0.39, 0.29) is 18.7 Å². The molecule has 0 atom stereocenters. The molecule has 110 valence electrons. The summed E-state index contributed by atoms with van der Waals surface area (Å²) in [5, 5.41) is 13.6. The van der Waals surface area contributed by atoms with Crippen LogP contribution in [0.4, 0.5) is 19.3 Å². The molecule has 0 aliphatic heterocycles. The number of carbonyl (C=O) groups is 2. The highest BCUT2D eigenvalue weighted by molar-refractivity contribution is 5.93. The Labute approximate surface area is 113 Å². The third-order valence-electron chi connectivity index (χ3n) is 2.14. The second kappa shape index (κ2) is 8.05. The standard InChI is InChI=1S/C12H14F2N2O4/c13-10(14)7-20-5-4-15-12(19)16-9-3-1-2-8(6-9)11(17)18/h1-3,6,10H,4-5,7H2,(H,17,18)(H2,15,16,19). The van der Waals surface area contributed by atoms with Crippen LogP contribution in [-0.4, -0.2) is 43.3 Å². The van der Waals surface area contributed by atoms with E-state index < -0.39 is 25.0 Å². The van der Waals surface area contributed by atoms with Gasteiger partial charge in [-0.25, -0.2) is 18.4 Å². The van der Waals surface area contributed by atoms with Crippen molar-refractivity contribution < 1.29 is 28.2 Å². The maximum atomic E-state index is 11.7. The molecule has 0 saturated carbocycles. The Morgan fingerprint density at radius 2 is 2.10 bits per heavy atom. The van der Waals surface area contributed by atoms with Gasteiger partial charge in [-0.15, -0.1) is 0 Å². The summed E-state index contributed by atoms with van der Waals surface area (Å²) in [6.07, 6.45) is -2.54. The van der Waals surface area contributed by atoms with Crippen molar-refractivity contribution in [3.05, 3.63) is 29.8 Å². The monoisotopic (exact) mass is 288 g/mol. The van der Waals surface area contributed by atoms with E-state index in [1.807, 2.05) is 0 Å². The lowest BCUT2D eigenvalue weighted by molar-refractivity contribution is 0.0194. The minimum atomic E-state index is -2.54. The Morgan fingerprint density at radius 3 is 2.75 bits per heavy atom. The molecule has 3 N–H and O–H groups in total. The molecule has 0 saturated heterocycles. The molecule has 2 amide bonds. The van der Waals surface area contributed by atoms with E-state index in [0.717, 1.165) is 0 Å². The molecule has 1 rings (SSSR count). The largest absolute Gasteiger partial charge is 0.478 e. The molecule has 0 unspecified atom stereocenters. The van der Waals surface area contributed by atoms with E-state index in [1.165, 1.54) is 24.3 Å². The molecule has 0 aromatic heterocycles. The molecule has 0 fully saturated rings. The van der Waals surface area contributed by atoms with Crippen molar-refractivity contribution in [1.29, 1.82) is 0 Å². The fraction of sp³-hybridized carbons (Fsp3) is 0.333. The van der Waals surface area contributed by atoms with Gasteiger partial charge in [0.1, 0.15) is 6.61 Å². The zero-order valence-corrected chi connectivity index (χ0v) is 10.4. The second-order valence-corrected chi connectivity index (χ2v) is 3.73. The Balaban J connectivity index is 2.32. The van der Waals surface area contributed by atoms with Crippen LogP contribution in [0.3, 0.4) is 0 Å². The van der Waals surface area contributed by atoms with Crippen molar-refractivity contribution in [2.75, 3.05) is 25.1 Å². The van der Waals surface area contributed by atoms with Gasteiger partial charge in [0.15, 0.2) is 0 Å². The van der Waals surface area contributed by atoms with E-state index in [2.05, 4.69) is 15.4 Å². The summed E-state index contributed by atoms with van der Waals surface area (Å²) in [4.78, 5) is 22.1. The number of nitrogens with one attached hydrogen (secondary N) is 2. The lowest BCUT2D eigenvalue weighted by atomic mass is 10.2. The Bertz CT molecular complexity index is 469. The van der Waals surface area contributed by atoms with Crippen molar-refractivity contribution >= 4 is 17.7 Å². The molecule has 0 bridgehead atoms. The molecule has 0 spiro atoms. The van der Waals surface area contributed by atoms with Crippen molar-refractivity contribution in [2.24, 2.45) is 0 Å². The van der Waals surface area contributed by atoms with E-state index in [4.69, 9.17) is 5.11 Å². The number of rotatable bonds is 7. The first kappa shape index (κ1) is 15.8. The summed E-state index contributed by atoms with van der Waals surface area (Å²) < 4.78 is 28.1. The molecule has 0 heterocycles. The van der Waals surface area contributed by atoms with Gasteiger partial charge in [0, 0.05) is 12.2 Å². The van der Waals surface area contributed by atoms with Crippen LogP contribution in [0, 0.1) is 0 Å². The van der Waals surface area contributed by atoms with Crippen molar-refractivity contribution in [3.63, 3.8) is 0 Å². The molecular weight excluding hydrogens is 274 g/mol. The van der Waals surface area contributed by atoms with Gasteiger partial charge in [-0.2, -0.15) is 0 Å². The smallest absolute Gasteiger partial charge is 0.335 e. The molecule has 0 radical (unpaired) electrons. The van der Waals surface area contributed by atoms with Crippen molar-refractivity contribution in [2.45, 2.75) is 6.43 Å². The number of anilines is 1. The minimum absolute atomic E-state index is 0.0348. The predicted octanol–water partition coefficient (Wildman–Crippen LogP) is 1.79. The lowest BCUT2D eigenvalue weighted by Gasteiger charge is -2.08. The Hall–Kier alpha value is -2.22. The van der Waals surface area contributed by atoms with Crippen LogP contribution in [0.1, 0.15) is 10.4 Å². The third-order valence-corrected chi connectivity index (χ3v) is 2.14. The maximum absolute atomic E-state index is 11.7. The number of aromatic carboxylic acids is 1. The van der Waals surface area contributed by atoms with E-state index in [0.29, 0.717) is 5.69 Å². The number of amides is 2. The van der Waals surface area contributed by atoms with Gasteiger partial charge in [0.05, 0.1) is 12.2 Å². The molecule has 20 heavy (non-hydrogen) atoms. The third kappa shape index (κ3) is 6.10. The normalized spacial score (nSPS) is 10.3. The molecule has 1 aromatic rings. The fourth-order valence-corrected chi connectivity index (χ4v) is 1.31. The van der Waals surface area contributed by atoms with Gasteiger partial charge < -0.3 is 20.5 Å². The summed E-state index contributed by atoms with van der Waals surface area (Å²) in [7, 11) is 0. The van der Waals surface area contributed by atoms with Gasteiger partial charge in [0.25, 0.3) is 6.43 Å². The first-order chi connectivity index (χ1) is 9.49. The van der Waals surface area contributed by atoms with Crippen LogP contribution in [0.5, 0.6) is 0 Å². The number of hydrogen-bond donors (Lipinski definition) is 3. The quantitative estimate of drug-likeness (QED) is 0.667. The average Bonchev–Trinajstić information content (AvgIpc) is 2.38. The summed E-state index contributed by atoms with van der Waals surface area (Å²) >= 11 is 0. The summed E-state index contributed by atoms with van der Waals surface area (Å²) in [6.45, 7) is -0.645. The number of urea groups is 1. The predicted molar refractivity (Wildman–Crippen MR) is 67.2 cm³/mol. The lowest BCUT2D eigenvalue weighted by Crippen LogP contribution is -2.31. The highest BCUT2D eigenvalue weighted by Crippen LogP contribution is 2.10. The molecule has 1 aromatic carbocycles. The van der Waals surface area contributed by atoms with Crippen LogP contribution in [-0.2, 0) is 4.74 Å². The van der Waals surface area contributed by atoms with Crippen LogP contribution in [0.2, 0.25) is 0 Å². The number of carbonyl (C=O) groups excluding carboxylic acids is 1. The van der Waals surface area contributed by atoms with Crippen molar-refractivity contribution in [1.82, 2.24) is 5.32 Å². The molecule has 0 aliphatic rings. The number of ether oxygens (including phenoxy) is 1. The Kier molecular flexibility index (Phi) is 6.38. The van der Waals surface area contributed by atoms with Crippen LogP contribution >= 0.6 is 0 Å². The SMILES string of the molecule is O=C(NCCOCC(F)F)Nc1cccc(C(=O)O)c1. The van der Waals surface area contributed by atoms with Gasteiger partial charge in [0.2, 0.25) is 0 Å². The summed E-state index contributed by atoms with van der Waals surface area (Å²) in [6, 6.07) is 5.14. The van der Waals surface area contributed by atoms with Crippen LogP contribution in [0.15, 0.2) is 24.3 Å². The van der Waals surface area contributed by atoms with Gasteiger partial charge in [-0.3, -0.25) is 0 Å². The summed E-state index contributed by atoms with van der Waals surface area (Å²) in [5.41, 5.74) is 0.360. The average molecular weight is 288 g/mol. The van der Waals surface area contributed by atoms with Gasteiger partial charge in [-0.1, -0.05) is 6.07 Å². The zero-order chi connectivity index (χ0) is 15.0. The van der Waals surface area contributed by atoms with E-state index in [9.17, 15) is 18.4 Å². The summed E-state index contributed by atoms with van der Waals surface area (Å²) in [5.74, 6) is -1.10. The number of hydrogen-bond acceptors (Lipinski definition) is 3. The van der Waals surface area contributed by atoms with E-state index in [1.54, 1.807) is 0 Å². The first-order valence-corrected chi connectivity index (χ1v) is 5.73. The number of alkyl halides is 2. The highest BCUT2D eigenvalue weighted by Gasteiger charge is 2.06. The maximum Gasteiger partial charge on any atom is 0.335 e. The molecule has 6 nitrogen and oxygen atoms in total.